The van der Waals surface area contributed by atoms with E-state index in [2.05, 4.69) is 56.7 Å². The van der Waals surface area contributed by atoms with Crippen molar-refractivity contribution in [2.45, 2.75) is 62.6 Å². The summed E-state index contributed by atoms with van der Waals surface area (Å²) in [5.74, 6) is 1.57. The molecule has 0 bridgehead atoms. The third-order valence-electron chi connectivity index (χ3n) is 8.61. The number of aliphatic hydroxyl groups is 1. The number of likely N-dealkylation sites (tertiary alicyclic amines) is 1. The monoisotopic (exact) mass is 502 g/mol. The highest BCUT2D eigenvalue weighted by Crippen LogP contribution is 2.36. The molecule has 4 aliphatic rings. The number of aromatic nitrogens is 1. The number of carbonyl (C=O) groups excluding carboxylic acids is 1. The van der Waals surface area contributed by atoms with Crippen LogP contribution in [-0.2, 0) is 4.79 Å². The minimum Gasteiger partial charge on any atom is -0.390 e. The Labute approximate surface area is 219 Å². The van der Waals surface area contributed by atoms with E-state index in [-0.39, 0.29) is 17.9 Å². The highest BCUT2D eigenvalue weighted by molar-refractivity contribution is 5.81. The molecule has 2 saturated heterocycles. The van der Waals surface area contributed by atoms with Gasteiger partial charge in [-0.05, 0) is 75.4 Å². The lowest BCUT2D eigenvalue weighted by Crippen LogP contribution is -2.49. The molecule has 0 radical (unpaired) electrons. The molecule has 2 N–H and O–H groups in total. The van der Waals surface area contributed by atoms with Gasteiger partial charge in [-0.3, -0.25) is 9.80 Å². The summed E-state index contributed by atoms with van der Waals surface area (Å²) in [6, 6.07) is 13.4. The van der Waals surface area contributed by atoms with Crippen LogP contribution in [0, 0.1) is 5.92 Å². The van der Waals surface area contributed by atoms with Crippen LogP contribution in [0.15, 0.2) is 47.7 Å². The predicted molar refractivity (Wildman–Crippen MR) is 147 cm³/mol. The first-order valence-electron chi connectivity index (χ1n) is 13.8. The highest BCUT2D eigenvalue weighted by Gasteiger charge is 2.41. The summed E-state index contributed by atoms with van der Waals surface area (Å²) in [4.78, 5) is 21.4. The predicted octanol–water partition coefficient (Wildman–Crippen LogP) is 3.26. The maximum absolute atomic E-state index is 12.4. The molecule has 37 heavy (non-hydrogen) atoms. The fourth-order valence-corrected chi connectivity index (χ4v) is 6.03. The van der Waals surface area contributed by atoms with Crippen LogP contribution in [0.25, 0.3) is 11.1 Å². The summed E-state index contributed by atoms with van der Waals surface area (Å²) in [6.07, 6.45) is 9.90. The number of rotatable bonds is 7. The number of nitrogens with one attached hydrogen (secondary N) is 1. The number of pyridine rings is 1. The normalized spacial score (nSPS) is 25.2. The Bertz CT molecular complexity index is 1120. The number of nitrogens with zero attached hydrogens (tertiary/aromatic N) is 5. The first-order valence-corrected chi connectivity index (χ1v) is 13.8. The van der Waals surface area contributed by atoms with Crippen molar-refractivity contribution in [1.82, 2.24) is 15.2 Å². The Morgan fingerprint density at radius 1 is 1.05 bits per heavy atom. The number of hydrogen-bond acceptors (Lipinski definition) is 7. The fourth-order valence-electron chi connectivity index (χ4n) is 6.03. The van der Waals surface area contributed by atoms with Gasteiger partial charge in [-0.15, -0.1) is 0 Å². The van der Waals surface area contributed by atoms with Gasteiger partial charge in [0.1, 0.15) is 5.82 Å². The average molecular weight is 503 g/mol. The molecule has 1 unspecified atom stereocenters. The number of benzene rings is 1. The number of hydrogen-bond donors (Lipinski definition) is 2. The van der Waals surface area contributed by atoms with Gasteiger partial charge >= 0.3 is 0 Å². The molecule has 3 aliphatic heterocycles. The van der Waals surface area contributed by atoms with Crippen molar-refractivity contribution in [3.63, 3.8) is 0 Å². The van der Waals surface area contributed by atoms with Crippen LogP contribution in [-0.4, -0.2) is 78.0 Å². The van der Waals surface area contributed by atoms with Crippen LogP contribution < -0.4 is 15.2 Å². The lowest BCUT2D eigenvalue weighted by molar-refractivity contribution is -0.137. The van der Waals surface area contributed by atoms with Crippen LogP contribution >= 0.6 is 0 Å². The minimum atomic E-state index is -0.743. The SMILES string of the molecule is CN[C@H]1CCN(c2ccc(-c3ccc(N4N=CCC4CC4(O)CCN(C(=O)C5CC5)CC4)cc3)cn2)C1. The zero-order chi connectivity index (χ0) is 25.4. The molecule has 2 aromatic rings. The molecule has 1 saturated carbocycles. The molecule has 0 spiro atoms. The van der Waals surface area contributed by atoms with E-state index in [1.807, 2.05) is 24.4 Å². The van der Waals surface area contributed by atoms with E-state index in [4.69, 9.17) is 4.98 Å². The van der Waals surface area contributed by atoms with Crippen molar-refractivity contribution in [1.29, 1.82) is 0 Å². The molecule has 4 heterocycles. The zero-order valence-electron chi connectivity index (χ0n) is 21.7. The Balaban J connectivity index is 1.07. The smallest absolute Gasteiger partial charge is 0.225 e. The summed E-state index contributed by atoms with van der Waals surface area (Å²) in [7, 11) is 2.02. The van der Waals surface area contributed by atoms with Crippen LogP contribution in [0.5, 0.6) is 0 Å². The number of likely N-dealkylation sites (N-methyl/N-ethyl adjacent to an activating group) is 1. The van der Waals surface area contributed by atoms with Crippen molar-refractivity contribution < 1.29 is 9.90 Å². The second-order valence-corrected chi connectivity index (χ2v) is 11.2. The molecule has 6 rings (SSSR count). The van der Waals surface area contributed by atoms with Crippen LogP contribution in [0.4, 0.5) is 11.5 Å². The van der Waals surface area contributed by atoms with E-state index in [1.165, 1.54) is 0 Å². The third-order valence-corrected chi connectivity index (χ3v) is 8.61. The third kappa shape index (κ3) is 5.22. The van der Waals surface area contributed by atoms with Crippen molar-refractivity contribution in [2.24, 2.45) is 11.0 Å². The number of anilines is 2. The van der Waals surface area contributed by atoms with Crippen LogP contribution in [0.2, 0.25) is 0 Å². The summed E-state index contributed by atoms with van der Waals surface area (Å²) < 4.78 is 0. The summed E-state index contributed by atoms with van der Waals surface area (Å²) in [6.45, 7) is 3.36. The van der Waals surface area contributed by atoms with Crippen LogP contribution in [0.3, 0.4) is 0 Å². The van der Waals surface area contributed by atoms with Crippen molar-refractivity contribution in [3.05, 3.63) is 42.6 Å². The van der Waals surface area contributed by atoms with Crippen molar-refractivity contribution >= 4 is 23.6 Å². The first-order chi connectivity index (χ1) is 18.0. The number of amides is 1. The average Bonchev–Trinajstić information content (AvgIpc) is 3.50. The van der Waals surface area contributed by atoms with E-state index in [9.17, 15) is 9.90 Å². The lowest BCUT2D eigenvalue weighted by atomic mass is 9.84. The van der Waals surface area contributed by atoms with Gasteiger partial charge in [0.15, 0.2) is 0 Å². The van der Waals surface area contributed by atoms with Gasteiger partial charge < -0.3 is 20.2 Å². The Kier molecular flexibility index (Phi) is 6.63. The van der Waals surface area contributed by atoms with Gasteiger partial charge in [-0.25, -0.2) is 4.98 Å². The number of piperidine rings is 1. The fraction of sp³-hybridized carbons (Fsp3) is 0.552. The molecule has 1 aromatic heterocycles. The summed E-state index contributed by atoms with van der Waals surface area (Å²) >= 11 is 0. The Morgan fingerprint density at radius 3 is 2.46 bits per heavy atom. The molecular weight excluding hydrogens is 464 g/mol. The Morgan fingerprint density at radius 2 is 1.81 bits per heavy atom. The molecule has 8 nitrogen and oxygen atoms in total. The molecule has 3 fully saturated rings. The van der Waals surface area contributed by atoms with Crippen molar-refractivity contribution in [3.8, 4) is 11.1 Å². The number of carbonyl (C=O) groups is 1. The molecule has 8 heteroatoms. The zero-order valence-corrected chi connectivity index (χ0v) is 21.7. The van der Waals surface area contributed by atoms with E-state index in [0.717, 1.165) is 61.4 Å². The maximum Gasteiger partial charge on any atom is 0.225 e. The standard InChI is InChI=1S/C29H38N6O2/c1-30-24-11-15-34(20-24)27-9-6-23(19-31-27)21-4-7-25(8-5-21)35-26(10-14-32-35)18-29(37)12-16-33(17-13-29)28(36)22-2-3-22/h4-9,14,19,22,24,26,30,37H,2-3,10-13,15-18,20H2,1H3/t24-,26?/m0/s1. The molecule has 1 amide bonds. The second-order valence-electron chi connectivity index (χ2n) is 11.2. The molecular formula is C29H38N6O2. The van der Waals surface area contributed by atoms with Crippen molar-refractivity contribution in [2.75, 3.05) is 43.1 Å². The summed E-state index contributed by atoms with van der Waals surface area (Å²) in [5, 5.41) is 21.4. The van der Waals surface area contributed by atoms with E-state index in [1.54, 1.807) is 0 Å². The molecule has 1 aromatic carbocycles. The van der Waals surface area contributed by atoms with Crippen LogP contribution in [0.1, 0.15) is 44.9 Å². The van der Waals surface area contributed by atoms with Gasteiger partial charge in [0.2, 0.25) is 5.91 Å². The van der Waals surface area contributed by atoms with Gasteiger partial charge in [-0.2, -0.15) is 5.10 Å². The topological polar surface area (TPSA) is 84.3 Å². The van der Waals surface area contributed by atoms with Gasteiger partial charge in [-0.1, -0.05) is 12.1 Å². The second kappa shape index (κ2) is 10.1. The van der Waals surface area contributed by atoms with Gasteiger partial charge in [0.25, 0.3) is 0 Å². The quantitative estimate of drug-likeness (QED) is 0.605. The first kappa shape index (κ1) is 24.4. The Hall–Kier alpha value is -2.97. The van der Waals surface area contributed by atoms with E-state index >= 15 is 0 Å². The number of hydrazone groups is 1. The molecule has 2 atom stereocenters. The highest BCUT2D eigenvalue weighted by atomic mass is 16.3. The molecule has 196 valence electrons. The largest absolute Gasteiger partial charge is 0.390 e. The van der Waals surface area contributed by atoms with Gasteiger partial charge in [0.05, 0.1) is 17.3 Å². The summed E-state index contributed by atoms with van der Waals surface area (Å²) in [5.41, 5.74) is 2.52. The lowest BCUT2D eigenvalue weighted by Gasteiger charge is -2.40. The minimum absolute atomic E-state index is 0.129. The van der Waals surface area contributed by atoms with E-state index in [0.29, 0.717) is 38.4 Å². The maximum atomic E-state index is 12.4. The van der Waals surface area contributed by atoms with E-state index < -0.39 is 5.60 Å². The molecule has 1 aliphatic carbocycles. The van der Waals surface area contributed by atoms with Gasteiger partial charge in [0, 0.05) is 62.5 Å².